The minimum atomic E-state index is 0.0348. The van der Waals surface area contributed by atoms with Gasteiger partial charge in [0.05, 0.1) is 90.2 Å². The lowest BCUT2D eigenvalue weighted by molar-refractivity contribution is -0.120. The molecule has 16 aromatic heterocycles. The summed E-state index contributed by atoms with van der Waals surface area (Å²) >= 11 is 0. The van der Waals surface area contributed by atoms with Gasteiger partial charge in [0.15, 0.2) is 40.8 Å². The lowest BCUT2D eigenvalue weighted by atomic mass is 10.0. The molecule has 0 unspecified atom stereocenters. The summed E-state index contributed by atoms with van der Waals surface area (Å²) in [5, 5.41) is 11.7. The molecule has 7 aromatic carbocycles. The molecule has 1 amide bonds. The van der Waals surface area contributed by atoms with Crippen molar-refractivity contribution in [1.29, 1.82) is 0 Å². The van der Waals surface area contributed by atoms with Gasteiger partial charge in [-0.2, -0.15) is 0 Å². The number of ether oxygens (including phenoxy) is 1. The number of fused-ring (bicyclic) bond motifs is 7. The molecule has 0 saturated carbocycles. The van der Waals surface area contributed by atoms with Gasteiger partial charge in [-0.3, -0.25) is 49.5 Å². The van der Waals surface area contributed by atoms with Gasteiger partial charge in [0.2, 0.25) is 6.41 Å². The third kappa shape index (κ3) is 21.1. The smallest absolute Gasteiger partial charge is 0.298 e. The number of carbonyl (C=O) groups is 2. The second-order valence-corrected chi connectivity index (χ2v) is 32.9. The number of anilines is 3. The number of aryl methyl sites for hydroxylation is 4. The molecule has 9 N–H and O–H groups in total. The van der Waals surface area contributed by atoms with Gasteiger partial charge in [-0.25, -0.2) is 39.9 Å². The predicted octanol–water partition coefficient (Wildman–Crippen LogP) is 20.7. The van der Waals surface area contributed by atoms with Crippen molar-refractivity contribution in [3.05, 3.63) is 345 Å². The molecule has 2 aliphatic rings. The molecule has 680 valence electrons. The summed E-state index contributed by atoms with van der Waals surface area (Å²) in [6.07, 6.45) is 27.4. The van der Waals surface area contributed by atoms with Crippen LogP contribution in [-0.2, 0) is 16.2 Å². The molecule has 0 atom stereocenters. The van der Waals surface area contributed by atoms with Gasteiger partial charge in [-0.05, 0) is 263 Å². The van der Waals surface area contributed by atoms with Gasteiger partial charge >= 0.3 is 0 Å². The van der Waals surface area contributed by atoms with Gasteiger partial charge in [0.1, 0.15) is 45.6 Å². The number of pyridine rings is 8. The maximum absolute atomic E-state index is 10.4. The summed E-state index contributed by atoms with van der Waals surface area (Å²) in [6, 6.07) is 78.3. The van der Waals surface area contributed by atoms with E-state index in [9.17, 15) is 9.59 Å². The van der Waals surface area contributed by atoms with Crippen LogP contribution in [0.15, 0.2) is 317 Å². The van der Waals surface area contributed by atoms with E-state index in [0.29, 0.717) is 30.3 Å². The summed E-state index contributed by atoms with van der Waals surface area (Å²) in [5.74, 6) is 5.87. The Bertz CT molecular complexity index is 7920. The quantitative estimate of drug-likeness (QED) is 0.0406. The van der Waals surface area contributed by atoms with Crippen molar-refractivity contribution in [2.24, 2.45) is 0 Å². The Morgan fingerprint density at radius 1 is 0.362 bits per heavy atom. The summed E-state index contributed by atoms with van der Waals surface area (Å²) < 4.78 is 6.74. The van der Waals surface area contributed by atoms with Gasteiger partial charge in [0.25, 0.3) is 6.47 Å². The molecule has 31 nitrogen and oxygen atoms in total. The minimum Gasteiger partial charge on any atom is -0.429 e. The molecule has 0 spiro atoms. The topological polar surface area (TPSA) is 404 Å². The van der Waals surface area contributed by atoms with Crippen molar-refractivity contribution in [2.45, 2.75) is 60.0 Å². The number of hydrogen-bond acceptors (Lipinski definition) is 22. The van der Waals surface area contributed by atoms with Gasteiger partial charge in [0, 0.05) is 134 Å². The Morgan fingerprint density at radius 2 is 0.812 bits per heavy atom. The number of aromatic nitrogens is 24. The van der Waals surface area contributed by atoms with Crippen molar-refractivity contribution in [1.82, 2.24) is 119 Å². The molecule has 2 fully saturated rings. The third-order valence-corrected chi connectivity index (χ3v) is 23.1. The fraction of sp³-hybridized carbons (Fsp3) is 0.121. The predicted molar refractivity (Wildman–Crippen MR) is 540 cm³/mol. The number of imidazole rings is 8. The number of benzene rings is 7. The van der Waals surface area contributed by atoms with E-state index < -0.39 is 0 Å². The number of aromatic amines is 7. The number of aliphatic hydroxyl groups excluding tert-OH is 1. The van der Waals surface area contributed by atoms with Crippen LogP contribution in [-0.4, -0.2) is 163 Å². The normalized spacial score (nSPS) is 12.1. The highest BCUT2D eigenvalue weighted by Gasteiger charge is 2.21. The number of H-pyrrole nitrogens is 7. The van der Waals surface area contributed by atoms with Crippen LogP contribution in [0.25, 0.3) is 175 Å². The monoisotopic (exact) mass is 1820 g/mol. The van der Waals surface area contributed by atoms with E-state index in [-0.39, 0.29) is 6.61 Å². The summed E-state index contributed by atoms with van der Waals surface area (Å²) in [4.78, 5) is 119. The van der Waals surface area contributed by atoms with Crippen LogP contribution in [0.4, 0.5) is 17.1 Å². The van der Waals surface area contributed by atoms with Crippen LogP contribution < -0.4 is 19.9 Å². The fourth-order valence-electron chi connectivity index (χ4n) is 16.2. The Labute approximate surface area is 790 Å². The highest BCUT2D eigenvalue weighted by Crippen LogP contribution is 2.35. The molecular formula is C107H93N27O4. The number of amides is 1. The van der Waals surface area contributed by atoms with Crippen molar-refractivity contribution in [3.8, 4) is 103 Å². The largest absolute Gasteiger partial charge is 0.429 e. The Kier molecular flexibility index (Phi) is 26.9. The van der Waals surface area contributed by atoms with Crippen LogP contribution >= 0.6 is 0 Å². The number of aliphatic hydroxyl groups is 1. The van der Waals surface area contributed by atoms with Crippen molar-refractivity contribution in [3.63, 3.8) is 0 Å². The molecule has 0 aliphatic carbocycles. The zero-order valence-corrected chi connectivity index (χ0v) is 75.7. The molecule has 31 heteroatoms. The van der Waals surface area contributed by atoms with Crippen molar-refractivity contribution in [2.75, 3.05) is 41.3 Å². The molecule has 23 aromatic rings. The SMILES string of the molecule is Cc1cc(-c2cccnc2)c2nc(-c3ccccn3)[nH]c2c1.Cc1cc2[nH]c(-c3ccccn3)nc2cc1N1CCCC1.Cc1ccc(-c2nc3ccc(CO)cc3[nH]2)nc1.Cc1ccc(-c2nc3ccc(N4CCCC4)cc3[nH]2)nc1.O=CNc1ccc2nc(-c3ccccn3)[nH]c2c1.O=COc1ccc2nc(-c3ccccn3)[nH]c2c1.c1ccc(-c2nc3ccc(-n4ccnc4)cc3[nH]2)nc1. The van der Waals surface area contributed by atoms with E-state index in [2.05, 4.69) is 194 Å². The Morgan fingerprint density at radius 3 is 1.28 bits per heavy atom. The molecule has 2 aliphatic heterocycles. The first kappa shape index (κ1) is 89.0. The fourth-order valence-corrected chi connectivity index (χ4v) is 16.2. The number of rotatable bonds is 16. The molecule has 0 bridgehead atoms. The first-order valence-electron chi connectivity index (χ1n) is 45.0. The van der Waals surface area contributed by atoms with Gasteiger partial charge in [-0.1, -0.05) is 54.6 Å². The summed E-state index contributed by atoms with van der Waals surface area (Å²) in [7, 11) is 0. The standard InChI is InChI=1S/C18H14N4.2C17H18N4.C15H11N5.C14H13N3O.C13H10N4O.C13H9N3O2/c1-12-9-14(13-5-4-7-19-11-13)17-16(10-12)21-18(22-17)15-6-2-3-8-20-15;1-12-4-6-15(18-11-12)17-19-14-7-5-13(10-16(14)20-17)21-8-2-3-9-21;1-12-10-14-15(11-16(12)21-8-4-5-9-21)20-17(19-14)13-6-2-3-7-18-13;1-2-6-17-13(3-1)15-18-12-5-4-11(9-14(12)19-15)20-8-7-16-10-20;1-9-2-4-12(15-7-9)14-16-11-5-3-10(8-18)6-13(11)17-14;18-8-15-9-4-5-10-12(7-9)17-13(16-10)11-3-1-2-6-14-11;17-8-18-9-4-5-10-12(7-9)16-13(15-10)11-3-1-2-6-14-11/h2-11H,1H3,(H,21,22);4-7,10-11H,2-3,8-9H2,1H3,(H,19,20);2-3,6-7,10-11H,4-5,8-9H2,1H3,(H,19,20);1-10H,(H,18,19);2-7,18H,8H2,1H3,(H,16,17);1-8H,(H,15,18)(H,16,17);1-8H,(H,15,16). The second-order valence-electron chi connectivity index (χ2n) is 32.9. The lowest BCUT2D eigenvalue weighted by Gasteiger charge is -2.19. The van der Waals surface area contributed by atoms with E-state index in [1.54, 1.807) is 74.0 Å². The Balaban J connectivity index is 0.000000103. The second kappa shape index (κ2) is 41.7. The van der Waals surface area contributed by atoms with Crippen molar-refractivity contribution >= 4 is 107 Å². The van der Waals surface area contributed by atoms with Crippen molar-refractivity contribution < 1.29 is 19.4 Å². The van der Waals surface area contributed by atoms with E-state index >= 15 is 0 Å². The highest BCUT2D eigenvalue weighted by atomic mass is 16.5. The van der Waals surface area contributed by atoms with E-state index in [4.69, 9.17) is 19.8 Å². The van der Waals surface area contributed by atoms with Crippen LogP contribution in [0.3, 0.4) is 0 Å². The molecule has 2 saturated heterocycles. The average molecular weight is 1820 g/mol. The van der Waals surface area contributed by atoms with Crippen LogP contribution in [0, 0.1) is 27.7 Å². The third-order valence-electron chi connectivity index (χ3n) is 23.1. The van der Waals surface area contributed by atoms with Gasteiger partial charge in [-0.15, -0.1) is 0 Å². The van der Waals surface area contributed by atoms with Crippen LogP contribution in [0.5, 0.6) is 5.75 Å². The average Bonchev–Trinajstić information content (AvgIpc) is 1.64. The van der Waals surface area contributed by atoms with E-state index in [0.717, 1.165) is 212 Å². The summed E-state index contributed by atoms with van der Waals surface area (Å²) in [5.41, 5.74) is 31.1. The Hall–Kier alpha value is -18.3. The maximum Gasteiger partial charge on any atom is 0.298 e. The number of nitrogens with zero attached hydrogens (tertiary/aromatic N) is 19. The van der Waals surface area contributed by atoms with Crippen LogP contribution in [0.2, 0.25) is 0 Å². The number of carbonyl (C=O) groups excluding carboxylic acids is 2. The zero-order valence-electron chi connectivity index (χ0n) is 75.7. The van der Waals surface area contributed by atoms with Crippen LogP contribution in [0.1, 0.15) is 53.5 Å². The zero-order chi connectivity index (χ0) is 94.1. The van der Waals surface area contributed by atoms with Gasteiger partial charge < -0.3 is 64.4 Å². The molecule has 18 heterocycles. The summed E-state index contributed by atoms with van der Waals surface area (Å²) in [6.45, 7) is 13.4. The molecule has 138 heavy (non-hydrogen) atoms. The van der Waals surface area contributed by atoms with E-state index in [1.165, 1.54) is 48.2 Å². The minimum absolute atomic E-state index is 0.0348. The number of hydrogen-bond donors (Lipinski definition) is 9. The van der Waals surface area contributed by atoms with E-state index in [1.807, 2.05) is 201 Å². The first-order chi connectivity index (χ1) is 67.8. The highest BCUT2D eigenvalue weighted by molar-refractivity contribution is 5.95. The number of nitrogens with one attached hydrogen (secondary N) is 8. The molecule has 25 rings (SSSR count). The maximum atomic E-state index is 10.4. The first-order valence-corrected chi connectivity index (χ1v) is 45.0. The molecular weight excluding hydrogens is 1730 g/mol. The molecule has 0 radical (unpaired) electrons. The lowest BCUT2D eigenvalue weighted by Crippen LogP contribution is -2.18.